The molecule has 2 heterocycles. The number of esters is 1. The SMILES string of the molecule is C[C@@H]1CC(=Cc2ccco2)c2nc3ccccc3c(C(=O)OCC(N)=O)c2C1. The molecule has 4 rings (SSSR count). The number of hydrogen-bond acceptors (Lipinski definition) is 5. The van der Waals surface area contributed by atoms with Gasteiger partial charge in [0.25, 0.3) is 5.91 Å². The van der Waals surface area contributed by atoms with Crippen molar-refractivity contribution in [1.29, 1.82) is 0 Å². The lowest BCUT2D eigenvalue weighted by molar-refractivity contribution is -0.121. The van der Waals surface area contributed by atoms with Gasteiger partial charge in [0.05, 0.1) is 23.0 Å². The van der Waals surface area contributed by atoms with Crippen molar-refractivity contribution in [2.45, 2.75) is 19.8 Å². The van der Waals surface area contributed by atoms with E-state index >= 15 is 0 Å². The quantitative estimate of drug-likeness (QED) is 0.702. The fraction of sp³-hybridized carbons (Fsp3) is 0.227. The number of hydrogen-bond donors (Lipinski definition) is 1. The number of furan rings is 1. The largest absolute Gasteiger partial charge is 0.465 e. The van der Waals surface area contributed by atoms with Crippen LogP contribution in [-0.4, -0.2) is 23.5 Å². The number of primary amides is 1. The van der Waals surface area contributed by atoms with E-state index in [0.717, 1.165) is 29.0 Å². The van der Waals surface area contributed by atoms with Crippen LogP contribution in [0.3, 0.4) is 0 Å². The molecule has 0 saturated heterocycles. The van der Waals surface area contributed by atoms with Gasteiger partial charge in [0, 0.05) is 5.39 Å². The molecular formula is C22H20N2O4. The Morgan fingerprint density at radius 1 is 1.25 bits per heavy atom. The lowest BCUT2D eigenvalue weighted by Gasteiger charge is -2.26. The summed E-state index contributed by atoms with van der Waals surface area (Å²) in [7, 11) is 0. The number of pyridine rings is 1. The molecule has 142 valence electrons. The average molecular weight is 376 g/mol. The minimum absolute atomic E-state index is 0.319. The first-order chi connectivity index (χ1) is 13.5. The third kappa shape index (κ3) is 3.41. The minimum Gasteiger partial charge on any atom is -0.465 e. The van der Waals surface area contributed by atoms with Crippen molar-refractivity contribution in [1.82, 2.24) is 4.98 Å². The van der Waals surface area contributed by atoms with Crippen LogP contribution in [0.25, 0.3) is 22.6 Å². The zero-order valence-electron chi connectivity index (χ0n) is 15.5. The molecule has 0 spiro atoms. The molecule has 28 heavy (non-hydrogen) atoms. The van der Waals surface area contributed by atoms with Gasteiger partial charge in [-0.2, -0.15) is 0 Å². The predicted molar refractivity (Wildman–Crippen MR) is 105 cm³/mol. The van der Waals surface area contributed by atoms with Crippen LogP contribution in [0, 0.1) is 5.92 Å². The molecule has 2 aromatic heterocycles. The van der Waals surface area contributed by atoms with Crippen LogP contribution in [-0.2, 0) is 16.0 Å². The van der Waals surface area contributed by atoms with Gasteiger partial charge in [-0.25, -0.2) is 9.78 Å². The second kappa shape index (κ2) is 7.31. The van der Waals surface area contributed by atoms with Crippen molar-refractivity contribution in [2.75, 3.05) is 6.61 Å². The first kappa shape index (κ1) is 18.0. The number of amides is 1. The van der Waals surface area contributed by atoms with Gasteiger partial charge in [-0.05, 0) is 54.2 Å². The molecule has 6 heteroatoms. The maximum absolute atomic E-state index is 12.9. The molecule has 1 atom stereocenters. The highest BCUT2D eigenvalue weighted by Crippen LogP contribution is 2.38. The summed E-state index contributed by atoms with van der Waals surface area (Å²) in [5.41, 5.74) is 8.93. The number of rotatable bonds is 4. The van der Waals surface area contributed by atoms with E-state index in [1.54, 1.807) is 6.26 Å². The Morgan fingerprint density at radius 2 is 2.07 bits per heavy atom. The van der Waals surface area contributed by atoms with Gasteiger partial charge in [0.1, 0.15) is 5.76 Å². The number of benzene rings is 1. The molecule has 1 aromatic carbocycles. The Hall–Kier alpha value is -3.41. The molecule has 0 saturated carbocycles. The van der Waals surface area contributed by atoms with E-state index in [4.69, 9.17) is 19.9 Å². The third-order valence-corrected chi connectivity index (χ3v) is 4.83. The van der Waals surface area contributed by atoms with Gasteiger partial charge in [-0.1, -0.05) is 25.1 Å². The molecule has 0 fully saturated rings. The van der Waals surface area contributed by atoms with Gasteiger partial charge in [0.15, 0.2) is 6.61 Å². The highest BCUT2D eigenvalue weighted by Gasteiger charge is 2.29. The molecule has 0 radical (unpaired) electrons. The minimum atomic E-state index is -0.688. The Morgan fingerprint density at radius 3 is 2.82 bits per heavy atom. The second-order valence-electron chi connectivity index (χ2n) is 7.07. The van der Waals surface area contributed by atoms with Crippen LogP contribution in [0.15, 0.2) is 47.1 Å². The summed E-state index contributed by atoms with van der Waals surface area (Å²) in [5.74, 6) is -0.185. The average Bonchev–Trinajstić information content (AvgIpc) is 3.17. The number of allylic oxidation sites excluding steroid dienone is 1. The number of aromatic nitrogens is 1. The lowest BCUT2D eigenvalue weighted by atomic mass is 9.81. The normalized spacial score (nSPS) is 17.5. The van der Waals surface area contributed by atoms with E-state index in [0.29, 0.717) is 28.8 Å². The molecular weight excluding hydrogens is 356 g/mol. The molecule has 1 aliphatic carbocycles. The van der Waals surface area contributed by atoms with Crippen molar-refractivity contribution < 1.29 is 18.7 Å². The first-order valence-corrected chi connectivity index (χ1v) is 9.14. The molecule has 6 nitrogen and oxygen atoms in total. The summed E-state index contributed by atoms with van der Waals surface area (Å²) >= 11 is 0. The van der Waals surface area contributed by atoms with Crippen molar-refractivity contribution >= 4 is 34.4 Å². The van der Waals surface area contributed by atoms with Gasteiger partial charge in [-0.15, -0.1) is 0 Å². The number of fused-ring (bicyclic) bond motifs is 2. The Kier molecular flexibility index (Phi) is 4.69. The summed E-state index contributed by atoms with van der Waals surface area (Å²) < 4.78 is 10.6. The summed E-state index contributed by atoms with van der Waals surface area (Å²) in [6.45, 7) is 1.68. The molecule has 2 N–H and O–H groups in total. The Labute approximate surface area is 162 Å². The highest BCUT2D eigenvalue weighted by molar-refractivity contribution is 6.07. The molecule has 1 amide bonds. The number of carbonyl (C=O) groups excluding carboxylic acids is 2. The first-order valence-electron chi connectivity index (χ1n) is 9.14. The van der Waals surface area contributed by atoms with E-state index in [-0.39, 0.29) is 0 Å². The smallest absolute Gasteiger partial charge is 0.339 e. The molecule has 3 aromatic rings. The van der Waals surface area contributed by atoms with Crippen LogP contribution in [0.2, 0.25) is 0 Å². The summed E-state index contributed by atoms with van der Waals surface area (Å²) in [6.07, 6.45) is 5.12. The molecule has 0 bridgehead atoms. The Bertz CT molecular complexity index is 1080. The van der Waals surface area contributed by atoms with Crippen LogP contribution in [0.5, 0.6) is 0 Å². The lowest BCUT2D eigenvalue weighted by Crippen LogP contribution is -2.23. The highest BCUT2D eigenvalue weighted by atomic mass is 16.5. The van der Waals surface area contributed by atoms with E-state index in [2.05, 4.69) is 6.92 Å². The van der Waals surface area contributed by atoms with Crippen LogP contribution >= 0.6 is 0 Å². The fourth-order valence-electron chi connectivity index (χ4n) is 3.72. The second-order valence-corrected chi connectivity index (χ2v) is 7.07. The number of ether oxygens (including phenoxy) is 1. The summed E-state index contributed by atoms with van der Waals surface area (Å²) in [5, 5.41) is 0.710. The maximum Gasteiger partial charge on any atom is 0.339 e. The van der Waals surface area contributed by atoms with Gasteiger partial charge < -0.3 is 14.9 Å². The third-order valence-electron chi connectivity index (χ3n) is 4.83. The van der Waals surface area contributed by atoms with Crippen molar-refractivity contribution in [3.8, 4) is 0 Å². The molecule has 0 unspecified atom stereocenters. The number of para-hydroxylation sites is 1. The number of nitrogens with two attached hydrogens (primary N) is 1. The van der Waals surface area contributed by atoms with Gasteiger partial charge in [-0.3, -0.25) is 4.79 Å². The van der Waals surface area contributed by atoms with E-state index in [1.807, 2.05) is 42.5 Å². The van der Waals surface area contributed by atoms with Gasteiger partial charge >= 0.3 is 5.97 Å². The fourth-order valence-corrected chi connectivity index (χ4v) is 3.72. The van der Waals surface area contributed by atoms with Crippen LogP contribution in [0.1, 0.15) is 40.7 Å². The standard InChI is InChI=1S/C22H20N2O4/c1-13-9-14(11-15-5-4-8-27-15)21-17(10-13)20(22(26)28-12-19(23)25)16-6-2-3-7-18(16)24-21/h2-8,11,13H,9-10,12H2,1H3,(H2,23,25)/t13-/m1/s1. The predicted octanol–water partition coefficient (Wildman–Crippen LogP) is 3.59. The van der Waals surface area contributed by atoms with E-state index in [9.17, 15) is 9.59 Å². The molecule has 0 aliphatic heterocycles. The van der Waals surface area contributed by atoms with E-state index < -0.39 is 18.5 Å². The van der Waals surface area contributed by atoms with E-state index in [1.165, 1.54) is 0 Å². The van der Waals surface area contributed by atoms with Crippen molar-refractivity contribution in [3.63, 3.8) is 0 Å². The molecule has 1 aliphatic rings. The maximum atomic E-state index is 12.9. The Balaban J connectivity index is 1.92. The van der Waals surface area contributed by atoms with Crippen LogP contribution in [0.4, 0.5) is 0 Å². The number of nitrogens with zero attached hydrogens (tertiary/aromatic N) is 1. The monoisotopic (exact) mass is 376 g/mol. The van der Waals surface area contributed by atoms with Crippen molar-refractivity contribution in [2.24, 2.45) is 11.7 Å². The van der Waals surface area contributed by atoms with Gasteiger partial charge in [0.2, 0.25) is 0 Å². The summed E-state index contributed by atoms with van der Waals surface area (Å²) in [4.78, 5) is 28.8. The van der Waals surface area contributed by atoms with Crippen molar-refractivity contribution in [3.05, 3.63) is 65.2 Å². The number of carbonyl (C=O) groups is 2. The zero-order chi connectivity index (χ0) is 19.7. The topological polar surface area (TPSA) is 95.4 Å². The zero-order valence-corrected chi connectivity index (χ0v) is 15.5. The van der Waals surface area contributed by atoms with Crippen LogP contribution < -0.4 is 5.73 Å². The summed E-state index contributed by atoms with van der Waals surface area (Å²) in [6, 6.07) is 11.2.